The summed E-state index contributed by atoms with van der Waals surface area (Å²) in [4.78, 5) is 9.81. The first-order valence-electron chi connectivity index (χ1n) is 4.57. The molecule has 0 spiro atoms. The zero-order valence-corrected chi connectivity index (χ0v) is 11.4. The first-order valence-corrected chi connectivity index (χ1v) is 7.22. The number of nitro benzene ring substituents is 1. The number of alkyl halides is 2. The second-order valence-electron chi connectivity index (χ2n) is 3.59. The molecular formula is C9H9Cl2NO5S. The largest absolute Gasteiger partial charge is 0.384 e. The third-order valence-electron chi connectivity index (χ3n) is 2.23. The molecular weight excluding hydrogens is 305 g/mol. The number of nitrogens with zero attached hydrogens (tertiary/aromatic N) is 1. The summed E-state index contributed by atoms with van der Waals surface area (Å²) in [6.07, 6.45) is -0.932. The Bertz CT molecular complexity index is 555. The number of hydrogen-bond donors (Lipinski definition) is 1. The molecule has 0 unspecified atom stereocenters. The number of halogens is 2. The first-order chi connectivity index (χ1) is 8.07. The summed E-state index contributed by atoms with van der Waals surface area (Å²) >= 11 is 11.2. The SMILES string of the molecule is CS(=O)(=O)C(Cl)(Cl)[C@@H](O)c1ccc([N+](=O)[O-])cc1. The van der Waals surface area contributed by atoms with E-state index in [1.807, 2.05) is 0 Å². The maximum atomic E-state index is 11.3. The standard InChI is InChI=1S/C9H9Cl2NO5S/c1-18(16,17)9(10,11)8(13)6-2-4-7(5-3-6)12(14)15/h2-5,8,13H,1H3/t8-/m0/s1. The van der Waals surface area contributed by atoms with Crippen molar-refractivity contribution < 1.29 is 18.4 Å². The molecule has 0 fully saturated rings. The van der Waals surface area contributed by atoms with Crippen molar-refractivity contribution in [3.63, 3.8) is 0 Å². The molecule has 0 amide bonds. The molecule has 0 heterocycles. The Morgan fingerprint density at radius 3 is 2.11 bits per heavy atom. The lowest BCUT2D eigenvalue weighted by Crippen LogP contribution is -2.32. The fraction of sp³-hybridized carbons (Fsp3) is 0.333. The molecule has 0 saturated carbocycles. The topological polar surface area (TPSA) is 97.5 Å². The predicted octanol–water partition coefficient (Wildman–Crippen LogP) is 1.80. The van der Waals surface area contributed by atoms with Crippen LogP contribution in [-0.4, -0.2) is 28.4 Å². The van der Waals surface area contributed by atoms with Crippen molar-refractivity contribution >= 4 is 38.7 Å². The first kappa shape index (κ1) is 15.2. The van der Waals surface area contributed by atoms with Crippen LogP contribution in [0, 0.1) is 10.1 Å². The summed E-state index contributed by atoms with van der Waals surface area (Å²) in [5.74, 6) is 0. The van der Waals surface area contributed by atoms with Crippen molar-refractivity contribution in [3.05, 3.63) is 39.9 Å². The molecule has 0 aliphatic heterocycles. The van der Waals surface area contributed by atoms with Crippen molar-refractivity contribution in [2.45, 2.75) is 9.77 Å². The van der Waals surface area contributed by atoms with E-state index in [1.165, 1.54) is 12.1 Å². The summed E-state index contributed by atoms with van der Waals surface area (Å²) in [6, 6.07) is 4.61. The summed E-state index contributed by atoms with van der Waals surface area (Å²) in [5.41, 5.74) is -0.129. The molecule has 1 aromatic carbocycles. The van der Waals surface area contributed by atoms with Gasteiger partial charge in [0.25, 0.3) is 5.69 Å². The molecule has 0 bridgehead atoms. The lowest BCUT2D eigenvalue weighted by atomic mass is 10.1. The maximum absolute atomic E-state index is 11.3. The third kappa shape index (κ3) is 2.92. The van der Waals surface area contributed by atoms with Crippen LogP contribution in [0.3, 0.4) is 0 Å². The molecule has 18 heavy (non-hydrogen) atoms. The van der Waals surface area contributed by atoms with Gasteiger partial charge in [0.2, 0.25) is 3.67 Å². The number of nitro groups is 1. The van der Waals surface area contributed by atoms with Crippen LogP contribution in [-0.2, 0) is 9.84 Å². The van der Waals surface area contributed by atoms with Crippen molar-refractivity contribution in [1.29, 1.82) is 0 Å². The molecule has 0 aromatic heterocycles. The van der Waals surface area contributed by atoms with Crippen LogP contribution in [0.25, 0.3) is 0 Å². The Morgan fingerprint density at radius 1 is 1.33 bits per heavy atom. The maximum Gasteiger partial charge on any atom is 0.269 e. The van der Waals surface area contributed by atoms with E-state index in [0.29, 0.717) is 0 Å². The molecule has 0 saturated heterocycles. The van der Waals surface area contributed by atoms with Gasteiger partial charge in [0, 0.05) is 18.4 Å². The lowest BCUT2D eigenvalue weighted by molar-refractivity contribution is -0.384. The van der Waals surface area contributed by atoms with Gasteiger partial charge in [0.1, 0.15) is 6.10 Å². The van der Waals surface area contributed by atoms with Crippen LogP contribution >= 0.6 is 23.2 Å². The Labute approximate surface area is 113 Å². The number of hydrogen-bond acceptors (Lipinski definition) is 5. The Hall–Kier alpha value is -0.890. The minimum atomic E-state index is -3.93. The van der Waals surface area contributed by atoms with Gasteiger partial charge in [-0.1, -0.05) is 23.2 Å². The van der Waals surface area contributed by atoms with E-state index in [9.17, 15) is 23.6 Å². The van der Waals surface area contributed by atoms with E-state index in [-0.39, 0.29) is 11.3 Å². The zero-order chi connectivity index (χ0) is 14.1. The van der Waals surface area contributed by atoms with E-state index in [1.54, 1.807) is 0 Å². The average molecular weight is 314 g/mol. The molecule has 1 atom stereocenters. The molecule has 1 aromatic rings. The number of non-ortho nitro benzene ring substituents is 1. The Kier molecular flexibility index (Phi) is 4.22. The van der Waals surface area contributed by atoms with Gasteiger partial charge in [-0.15, -0.1) is 0 Å². The molecule has 1 rings (SSSR count). The van der Waals surface area contributed by atoms with Gasteiger partial charge >= 0.3 is 0 Å². The van der Waals surface area contributed by atoms with Crippen molar-refractivity contribution in [3.8, 4) is 0 Å². The zero-order valence-electron chi connectivity index (χ0n) is 9.08. The average Bonchev–Trinajstić information content (AvgIpc) is 2.26. The molecule has 6 nitrogen and oxygen atoms in total. The van der Waals surface area contributed by atoms with Crippen molar-refractivity contribution in [2.24, 2.45) is 0 Å². The number of rotatable bonds is 4. The van der Waals surface area contributed by atoms with Crippen LogP contribution in [0.2, 0.25) is 0 Å². The molecule has 0 aliphatic rings. The molecule has 9 heteroatoms. The normalized spacial score (nSPS) is 14.2. The van der Waals surface area contributed by atoms with Crippen molar-refractivity contribution in [1.82, 2.24) is 0 Å². The molecule has 1 N–H and O–H groups in total. The Morgan fingerprint density at radius 2 is 1.78 bits per heavy atom. The minimum absolute atomic E-state index is 0.0658. The fourth-order valence-corrected chi connectivity index (χ4v) is 1.97. The van der Waals surface area contributed by atoms with E-state index in [0.717, 1.165) is 18.4 Å². The van der Waals surface area contributed by atoms with Crippen LogP contribution < -0.4 is 0 Å². The Balaban J connectivity index is 3.12. The number of benzene rings is 1. The van der Waals surface area contributed by atoms with Gasteiger partial charge in [-0.2, -0.15) is 0 Å². The summed E-state index contributed by atoms with van der Waals surface area (Å²) < 4.78 is 20.2. The highest BCUT2D eigenvalue weighted by molar-refractivity contribution is 7.94. The number of aliphatic hydroxyl groups excluding tert-OH is 1. The van der Waals surface area contributed by atoms with Crippen molar-refractivity contribution in [2.75, 3.05) is 6.26 Å². The van der Waals surface area contributed by atoms with Crippen LogP contribution in [0.1, 0.15) is 11.7 Å². The smallest absolute Gasteiger partial charge is 0.269 e. The second-order valence-corrected chi connectivity index (χ2v) is 7.61. The lowest BCUT2D eigenvalue weighted by Gasteiger charge is -2.23. The van der Waals surface area contributed by atoms with E-state index in [4.69, 9.17) is 23.2 Å². The highest BCUT2D eigenvalue weighted by atomic mass is 35.5. The summed E-state index contributed by atoms with van der Waals surface area (Å²) in [5, 5.41) is 20.2. The minimum Gasteiger partial charge on any atom is -0.384 e. The molecule has 0 aliphatic carbocycles. The predicted molar refractivity (Wildman–Crippen MR) is 67.3 cm³/mol. The summed E-state index contributed by atoms with van der Waals surface area (Å²) in [7, 11) is -3.93. The van der Waals surface area contributed by atoms with Crippen LogP contribution in [0.4, 0.5) is 5.69 Å². The van der Waals surface area contributed by atoms with Crippen LogP contribution in [0.5, 0.6) is 0 Å². The number of aliphatic hydroxyl groups is 1. The summed E-state index contributed by atoms with van der Waals surface area (Å²) in [6.45, 7) is 0. The van der Waals surface area contributed by atoms with Gasteiger partial charge in [0.05, 0.1) is 4.92 Å². The highest BCUT2D eigenvalue weighted by Gasteiger charge is 2.44. The fourth-order valence-electron chi connectivity index (χ4n) is 1.18. The third-order valence-corrected chi connectivity index (χ3v) is 5.54. The van der Waals surface area contributed by atoms with Gasteiger partial charge < -0.3 is 5.11 Å². The van der Waals surface area contributed by atoms with Gasteiger partial charge in [-0.25, -0.2) is 8.42 Å². The van der Waals surface area contributed by atoms with Gasteiger partial charge in [-0.3, -0.25) is 10.1 Å². The van der Waals surface area contributed by atoms with E-state index in [2.05, 4.69) is 0 Å². The van der Waals surface area contributed by atoms with Gasteiger partial charge in [-0.05, 0) is 17.7 Å². The van der Waals surface area contributed by atoms with E-state index < -0.39 is 24.5 Å². The highest BCUT2D eigenvalue weighted by Crippen LogP contribution is 2.40. The molecule has 100 valence electrons. The molecule has 0 radical (unpaired) electrons. The number of sulfone groups is 1. The van der Waals surface area contributed by atoms with Crippen LogP contribution in [0.15, 0.2) is 24.3 Å². The monoisotopic (exact) mass is 313 g/mol. The second kappa shape index (κ2) is 5.00. The quantitative estimate of drug-likeness (QED) is 0.519. The van der Waals surface area contributed by atoms with E-state index >= 15 is 0 Å². The van der Waals surface area contributed by atoms with Gasteiger partial charge in [0.15, 0.2) is 9.84 Å².